The highest BCUT2D eigenvalue weighted by Gasteiger charge is 2.19. The minimum Gasteiger partial charge on any atom is -0.337 e. The van der Waals surface area contributed by atoms with Gasteiger partial charge in [0.15, 0.2) is 5.82 Å². The van der Waals surface area contributed by atoms with Gasteiger partial charge in [-0.05, 0) is 49.5 Å². The van der Waals surface area contributed by atoms with E-state index in [4.69, 9.17) is 0 Å². The second-order valence-corrected chi connectivity index (χ2v) is 7.26. The summed E-state index contributed by atoms with van der Waals surface area (Å²) in [6, 6.07) is 6.71. The average molecular weight is 312 g/mol. The van der Waals surface area contributed by atoms with Gasteiger partial charge in [0.2, 0.25) is 0 Å². The summed E-state index contributed by atoms with van der Waals surface area (Å²) >= 11 is 1.69. The van der Waals surface area contributed by atoms with E-state index < -0.39 is 0 Å². The topological polar surface area (TPSA) is 41.0 Å². The van der Waals surface area contributed by atoms with Crippen molar-refractivity contribution in [2.75, 3.05) is 18.4 Å². The number of likely N-dealkylation sites (tertiary alicyclic amines) is 1. The van der Waals surface area contributed by atoms with E-state index in [-0.39, 0.29) is 0 Å². The molecule has 1 fully saturated rings. The average Bonchev–Trinajstić information content (AvgIpc) is 2.55. The lowest BCUT2D eigenvalue weighted by molar-refractivity contribution is 0.185. The van der Waals surface area contributed by atoms with Gasteiger partial charge in [-0.25, -0.2) is 9.97 Å². The zero-order valence-electron chi connectivity index (χ0n) is 12.7. The Morgan fingerprint density at radius 1 is 1.23 bits per heavy atom. The van der Waals surface area contributed by atoms with Crippen LogP contribution in [0.15, 0.2) is 40.5 Å². The standard InChI is InChI=1S/C17H20N4S/c1-12-4-8-21(9-5-12)11-13-2-3-15-14(10-13)20-16-17(22-15)19-7-6-18-16/h2-3,6-7,10,12H,4-5,8-9,11H2,1H3,(H,18,20). The van der Waals surface area contributed by atoms with E-state index >= 15 is 0 Å². The van der Waals surface area contributed by atoms with Crippen LogP contribution in [0.1, 0.15) is 25.3 Å². The lowest BCUT2D eigenvalue weighted by Crippen LogP contribution is -2.32. The van der Waals surface area contributed by atoms with Crippen molar-refractivity contribution < 1.29 is 0 Å². The van der Waals surface area contributed by atoms with Crippen molar-refractivity contribution in [2.24, 2.45) is 5.92 Å². The zero-order chi connectivity index (χ0) is 14.9. The van der Waals surface area contributed by atoms with Crippen molar-refractivity contribution in [3.05, 3.63) is 36.2 Å². The quantitative estimate of drug-likeness (QED) is 0.777. The molecule has 3 heterocycles. The normalized spacial score (nSPS) is 18.4. The monoisotopic (exact) mass is 312 g/mol. The SMILES string of the molecule is CC1CCN(Cc2ccc3c(c2)Nc2nccnc2S3)CC1. The molecule has 114 valence electrons. The predicted molar refractivity (Wildman–Crippen MR) is 89.6 cm³/mol. The first-order valence-electron chi connectivity index (χ1n) is 7.89. The number of nitrogens with one attached hydrogen (secondary N) is 1. The van der Waals surface area contributed by atoms with Crippen LogP contribution in [-0.2, 0) is 6.54 Å². The number of piperidine rings is 1. The van der Waals surface area contributed by atoms with E-state index in [9.17, 15) is 0 Å². The van der Waals surface area contributed by atoms with Gasteiger partial charge in [-0.1, -0.05) is 24.8 Å². The fraction of sp³-hybridized carbons (Fsp3) is 0.412. The van der Waals surface area contributed by atoms with E-state index in [0.29, 0.717) is 0 Å². The number of fused-ring (bicyclic) bond motifs is 2. The highest BCUT2D eigenvalue weighted by molar-refractivity contribution is 7.99. The van der Waals surface area contributed by atoms with Crippen LogP contribution in [0.4, 0.5) is 11.5 Å². The van der Waals surface area contributed by atoms with Gasteiger partial charge in [0.1, 0.15) is 5.03 Å². The van der Waals surface area contributed by atoms with Crippen molar-refractivity contribution in [1.29, 1.82) is 0 Å². The number of anilines is 2. The maximum Gasteiger partial charge on any atom is 0.163 e. The second kappa shape index (κ2) is 5.89. The summed E-state index contributed by atoms with van der Waals surface area (Å²) in [6.45, 7) is 5.83. The molecular weight excluding hydrogens is 292 g/mol. The van der Waals surface area contributed by atoms with Crippen LogP contribution in [0.2, 0.25) is 0 Å². The molecule has 2 aliphatic heterocycles. The Balaban J connectivity index is 1.51. The number of aromatic nitrogens is 2. The van der Waals surface area contributed by atoms with E-state index in [1.54, 1.807) is 24.2 Å². The summed E-state index contributed by atoms with van der Waals surface area (Å²) in [7, 11) is 0. The lowest BCUT2D eigenvalue weighted by Gasteiger charge is -2.30. The van der Waals surface area contributed by atoms with Crippen molar-refractivity contribution in [1.82, 2.24) is 14.9 Å². The van der Waals surface area contributed by atoms with Gasteiger partial charge in [-0.2, -0.15) is 0 Å². The van der Waals surface area contributed by atoms with Crippen molar-refractivity contribution >= 4 is 23.3 Å². The van der Waals surface area contributed by atoms with Crippen LogP contribution in [0.5, 0.6) is 0 Å². The molecule has 0 radical (unpaired) electrons. The molecule has 0 unspecified atom stereocenters. The molecule has 2 aromatic rings. The van der Waals surface area contributed by atoms with Crippen molar-refractivity contribution in [3.63, 3.8) is 0 Å². The molecule has 0 saturated carbocycles. The molecule has 0 spiro atoms. The van der Waals surface area contributed by atoms with Crippen molar-refractivity contribution in [2.45, 2.75) is 36.2 Å². The first kappa shape index (κ1) is 14.0. The first-order chi connectivity index (χ1) is 10.8. The summed E-state index contributed by atoms with van der Waals surface area (Å²) in [5.41, 5.74) is 2.52. The summed E-state index contributed by atoms with van der Waals surface area (Å²) in [4.78, 5) is 12.5. The molecule has 1 aromatic carbocycles. The molecule has 4 rings (SSSR count). The molecule has 0 atom stereocenters. The zero-order valence-corrected chi connectivity index (χ0v) is 13.6. The van der Waals surface area contributed by atoms with Crippen molar-refractivity contribution in [3.8, 4) is 0 Å². The Morgan fingerprint density at radius 2 is 2.05 bits per heavy atom. The van der Waals surface area contributed by atoms with Gasteiger partial charge in [0.05, 0.1) is 5.69 Å². The van der Waals surface area contributed by atoms with E-state index in [1.807, 2.05) is 0 Å². The van der Waals surface area contributed by atoms with Gasteiger partial charge in [0.25, 0.3) is 0 Å². The number of rotatable bonds is 2. The van der Waals surface area contributed by atoms with E-state index in [0.717, 1.165) is 29.0 Å². The fourth-order valence-electron chi connectivity index (χ4n) is 3.06. The molecule has 0 amide bonds. The largest absolute Gasteiger partial charge is 0.337 e. The summed E-state index contributed by atoms with van der Waals surface area (Å²) < 4.78 is 0. The van der Waals surface area contributed by atoms with Gasteiger partial charge < -0.3 is 5.32 Å². The Labute approximate surface area is 135 Å². The van der Waals surface area contributed by atoms with Gasteiger partial charge in [0, 0.05) is 23.8 Å². The molecular formula is C17H20N4S. The smallest absolute Gasteiger partial charge is 0.163 e. The van der Waals surface area contributed by atoms with Crippen LogP contribution in [-0.4, -0.2) is 28.0 Å². The summed E-state index contributed by atoms with van der Waals surface area (Å²) in [5.74, 6) is 1.75. The third kappa shape index (κ3) is 2.83. The predicted octanol–water partition coefficient (Wildman–Crippen LogP) is 3.92. The van der Waals surface area contributed by atoms with Crippen LogP contribution in [0.25, 0.3) is 0 Å². The van der Waals surface area contributed by atoms with Crippen LogP contribution >= 0.6 is 11.8 Å². The van der Waals surface area contributed by atoms with Crippen LogP contribution < -0.4 is 5.32 Å². The highest BCUT2D eigenvalue weighted by Crippen LogP contribution is 2.42. The molecule has 1 aromatic heterocycles. The van der Waals surface area contributed by atoms with Crippen LogP contribution in [0.3, 0.4) is 0 Å². The molecule has 22 heavy (non-hydrogen) atoms. The molecule has 0 aliphatic carbocycles. The number of hydrogen-bond acceptors (Lipinski definition) is 5. The van der Waals surface area contributed by atoms with Crippen LogP contribution in [0, 0.1) is 5.92 Å². The third-order valence-electron chi connectivity index (χ3n) is 4.45. The maximum absolute atomic E-state index is 4.37. The molecule has 1 saturated heterocycles. The number of benzene rings is 1. The molecule has 0 bridgehead atoms. The Kier molecular flexibility index (Phi) is 3.76. The lowest BCUT2D eigenvalue weighted by atomic mass is 9.99. The van der Waals surface area contributed by atoms with E-state index in [1.165, 1.54) is 36.4 Å². The minimum atomic E-state index is 0.865. The van der Waals surface area contributed by atoms with Gasteiger partial charge >= 0.3 is 0 Å². The highest BCUT2D eigenvalue weighted by atomic mass is 32.2. The molecule has 4 nitrogen and oxygen atoms in total. The molecule has 2 aliphatic rings. The fourth-order valence-corrected chi connectivity index (χ4v) is 3.94. The number of nitrogens with zero attached hydrogens (tertiary/aromatic N) is 3. The van der Waals surface area contributed by atoms with E-state index in [2.05, 4.69) is 45.3 Å². The third-order valence-corrected chi connectivity index (χ3v) is 5.52. The summed E-state index contributed by atoms with van der Waals surface area (Å²) in [5, 5.41) is 4.36. The Bertz CT molecular complexity index is 680. The second-order valence-electron chi connectivity index (χ2n) is 6.23. The van der Waals surface area contributed by atoms with Gasteiger partial charge in [-0.3, -0.25) is 4.90 Å². The maximum atomic E-state index is 4.37. The molecule has 1 N–H and O–H groups in total. The minimum absolute atomic E-state index is 0.865. The van der Waals surface area contributed by atoms with Gasteiger partial charge in [-0.15, -0.1) is 0 Å². The summed E-state index contributed by atoms with van der Waals surface area (Å²) in [6.07, 6.45) is 6.12. The molecule has 5 heteroatoms. The number of hydrogen-bond donors (Lipinski definition) is 1. The first-order valence-corrected chi connectivity index (χ1v) is 8.71. The Hall–Kier alpha value is -1.59. The Morgan fingerprint density at radius 3 is 2.91 bits per heavy atom.